The molecule has 39 heavy (non-hydrogen) atoms. The smallest absolute Gasteiger partial charge is 0.253 e. The number of rotatable bonds is 14. The fraction of sp³-hybridized carbons (Fsp3) is 0.355. The minimum atomic E-state index is -0.102. The van der Waals surface area contributed by atoms with Gasteiger partial charge < -0.3 is 20.4 Å². The number of likely N-dealkylation sites (N-methyl/N-ethyl adjacent to an activating group) is 1. The molecule has 0 aliphatic rings. The average Bonchev–Trinajstić information content (AvgIpc) is 2.94. The molecule has 0 aliphatic carbocycles. The predicted octanol–water partition coefficient (Wildman–Crippen LogP) is 6.01. The van der Waals surface area contributed by atoms with E-state index in [1.807, 2.05) is 55.4 Å². The molecule has 3 aromatic carbocycles. The van der Waals surface area contributed by atoms with Gasteiger partial charge in [-0.2, -0.15) is 0 Å². The molecule has 0 fully saturated rings. The second kappa shape index (κ2) is 14.4. The number of para-hydroxylation sites is 2. The normalized spacial score (nSPS) is 11.3. The van der Waals surface area contributed by atoms with Gasteiger partial charge in [-0.15, -0.1) is 23.2 Å². The second-order valence-corrected chi connectivity index (χ2v) is 10.6. The van der Waals surface area contributed by atoms with Crippen LogP contribution in [0.15, 0.2) is 66.7 Å². The van der Waals surface area contributed by atoms with E-state index in [1.54, 1.807) is 0 Å². The van der Waals surface area contributed by atoms with Crippen LogP contribution in [0.1, 0.15) is 22.3 Å². The van der Waals surface area contributed by atoms with E-state index in [1.165, 1.54) is 5.56 Å². The molecule has 0 aliphatic heterocycles. The lowest BCUT2D eigenvalue weighted by molar-refractivity contribution is 0.0952. The van der Waals surface area contributed by atoms with Crippen molar-refractivity contribution in [3.63, 3.8) is 0 Å². The van der Waals surface area contributed by atoms with Gasteiger partial charge >= 0.3 is 0 Å². The SMILES string of the molecule is CN(C)CCNC(=O)c1cccc2c(NCCCc3ccc(N(CCCl)CCCl)cc3)c3ccccc3nc12. The molecule has 0 atom stereocenters. The molecule has 4 aromatic rings. The van der Waals surface area contributed by atoms with E-state index in [4.69, 9.17) is 28.2 Å². The zero-order valence-electron chi connectivity index (χ0n) is 22.7. The van der Waals surface area contributed by atoms with E-state index in [0.29, 0.717) is 23.9 Å². The van der Waals surface area contributed by atoms with Crippen molar-refractivity contribution < 1.29 is 4.79 Å². The van der Waals surface area contributed by atoms with E-state index < -0.39 is 0 Å². The maximum atomic E-state index is 13.0. The van der Waals surface area contributed by atoms with Crippen molar-refractivity contribution in [2.75, 3.05) is 68.8 Å². The van der Waals surface area contributed by atoms with Crippen LogP contribution in [0.4, 0.5) is 11.4 Å². The van der Waals surface area contributed by atoms with Crippen molar-refractivity contribution >= 4 is 62.3 Å². The topological polar surface area (TPSA) is 60.5 Å². The van der Waals surface area contributed by atoms with Gasteiger partial charge in [0.15, 0.2) is 0 Å². The van der Waals surface area contributed by atoms with Gasteiger partial charge in [-0.05, 0) is 56.8 Å². The summed E-state index contributed by atoms with van der Waals surface area (Å²) >= 11 is 11.9. The Morgan fingerprint density at radius 2 is 1.56 bits per heavy atom. The molecule has 0 saturated heterocycles. The van der Waals surface area contributed by atoms with Crippen LogP contribution in [0.3, 0.4) is 0 Å². The number of carbonyl (C=O) groups is 1. The first-order valence-corrected chi connectivity index (χ1v) is 14.5. The third-order valence-electron chi connectivity index (χ3n) is 6.75. The molecule has 206 valence electrons. The maximum absolute atomic E-state index is 13.0. The Labute approximate surface area is 241 Å². The van der Waals surface area contributed by atoms with Crippen molar-refractivity contribution in [1.82, 2.24) is 15.2 Å². The summed E-state index contributed by atoms with van der Waals surface area (Å²) in [6.07, 6.45) is 1.92. The van der Waals surface area contributed by atoms with Gasteiger partial charge in [-0.25, -0.2) is 4.98 Å². The first-order valence-electron chi connectivity index (χ1n) is 13.5. The summed E-state index contributed by atoms with van der Waals surface area (Å²) in [5.41, 5.74) is 5.64. The number of nitrogens with zero attached hydrogens (tertiary/aromatic N) is 3. The molecule has 0 spiro atoms. The second-order valence-electron chi connectivity index (χ2n) is 9.83. The minimum absolute atomic E-state index is 0.102. The maximum Gasteiger partial charge on any atom is 0.253 e. The van der Waals surface area contributed by atoms with Crippen LogP contribution in [0.2, 0.25) is 0 Å². The molecule has 0 unspecified atom stereocenters. The van der Waals surface area contributed by atoms with E-state index in [2.05, 4.69) is 45.9 Å². The van der Waals surface area contributed by atoms with Gasteiger partial charge in [0.05, 0.1) is 22.3 Å². The third-order valence-corrected chi connectivity index (χ3v) is 7.09. The van der Waals surface area contributed by atoms with Gasteiger partial charge in [0.1, 0.15) is 0 Å². The molecule has 4 rings (SSSR count). The molecular formula is C31H37Cl2N5O. The lowest BCUT2D eigenvalue weighted by Gasteiger charge is -2.23. The number of halogens is 2. The number of aryl methyl sites for hydroxylation is 1. The van der Waals surface area contributed by atoms with Crippen LogP contribution in [0.5, 0.6) is 0 Å². The minimum Gasteiger partial charge on any atom is -0.384 e. The van der Waals surface area contributed by atoms with Crippen molar-refractivity contribution in [2.45, 2.75) is 12.8 Å². The van der Waals surface area contributed by atoms with Crippen molar-refractivity contribution in [1.29, 1.82) is 0 Å². The Hall–Kier alpha value is -3.06. The Balaban J connectivity index is 1.49. The molecular weight excluding hydrogens is 529 g/mol. The van der Waals surface area contributed by atoms with E-state index in [0.717, 1.165) is 72.2 Å². The molecule has 8 heteroatoms. The number of alkyl halides is 2. The summed E-state index contributed by atoms with van der Waals surface area (Å²) in [5, 5.41) is 8.71. The Morgan fingerprint density at radius 1 is 0.846 bits per heavy atom. The van der Waals surface area contributed by atoms with Crippen LogP contribution in [-0.4, -0.2) is 74.4 Å². The number of fused-ring (bicyclic) bond motifs is 2. The number of hydrogen-bond acceptors (Lipinski definition) is 5. The van der Waals surface area contributed by atoms with Crippen LogP contribution in [-0.2, 0) is 6.42 Å². The number of aromatic nitrogens is 1. The monoisotopic (exact) mass is 565 g/mol. The fourth-order valence-electron chi connectivity index (χ4n) is 4.73. The number of nitrogens with one attached hydrogen (secondary N) is 2. The van der Waals surface area contributed by atoms with Gasteiger partial charge in [-0.3, -0.25) is 4.79 Å². The zero-order valence-corrected chi connectivity index (χ0v) is 24.2. The fourth-order valence-corrected chi connectivity index (χ4v) is 5.14. The van der Waals surface area contributed by atoms with E-state index in [-0.39, 0.29) is 5.91 Å². The van der Waals surface area contributed by atoms with Crippen LogP contribution < -0.4 is 15.5 Å². The van der Waals surface area contributed by atoms with Crippen LogP contribution in [0, 0.1) is 0 Å². The molecule has 0 bridgehead atoms. The van der Waals surface area contributed by atoms with Crippen molar-refractivity contribution in [2.24, 2.45) is 0 Å². The van der Waals surface area contributed by atoms with E-state index in [9.17, 15) is 4.79 Å². The van der Waals surface area contributed by atoms with Gasteiger partial charge in [0.25, 0.3) is 5.91 Å². The van der Waals surface area contributed by atoms with Gasteiger partial charge in [-0.1, -0.05) is 42.5 Å². The Morgan fingerprint density at radius 3 is 2.28 bits per heavy atom. The molecule has 1 aromatic heterocycles. The highest BCUT2D eigenvalue weighted by atomic mass is 35.5. The molecule has 0 radical (unpaired) electrons. The summed E-state index contributed by atoms with van der Waals surface area (Å²) in [6, 6.07) is 22.6. The molecule has 1 heterocycles. The first kappa shape index (κ1) is 28.9. The summed E-state index contributed by atoms with van der Waals surface area (Å²) in [4.78, 5) is 22.2. The molecule has 1 amide bonds. The van der Waals surface area contributed by atoms with Crippen LogP contribution >= 0.6 is 23.2 Å². The Kier molecular flexibility index (Phi) is 10.7. The van der Waals surface area contributed by atoms with Crippen molar-refractivity contribution in [3.05, 3.63) is 77.9 Å². The zero-order chi connectivity index (χ0) is 27.6. The number of carbonyl (C=O) groups excluding carboxylic acids is 1. The third kappa shape index (κ3) is 7.53. The molecule has 2 N–H and O–H groups in total. The average molecular weight is 567 g/mol. The summed E-state index contributed by atoms with van der Waals surface area (Å²) in [7, 11) is 3.98. The number of benzene rings is 3. The molecule has 0 saturated carbocycles. The number of amides is 1. The predicted molar refractivity (Wildman–Crippen MR) is 167 cm³/mol. The number of pyridine rings is 1. The summed E-state index contributed by atoms with van der Waals surface area (Å²) in [6.45, 7) is 3.73. The lowest BCUT2D eigenvalue weighted by atomic mass is 10.0. The highest BCUT2D eigenvalue weighted by Gasteiger charge is 2.16. The summed E-state index contributed by atoms with van der Waals surface area (Å²) in [5.74, 6) is 1.05. The highest BCUT2D eigenvalue weighted by molar-refractivity contribution is 6.18. The van der Waals surface area contributed by atoms with Crippen molar-refractivity contribution in [3.8, 4) is 0 Å². The number of anilines is 2. The lowest BCUT2D eigenvalue weighted by Crippen LogP contribution is -2.31. The standard InChI is InChI=1S/C31H37Cl2N5O/c1-37(2)22-19-35-31(39)27-10-5-9-26-29(25-8-3-4-11-28(25)36-30(26)27)34-18-6-7-23-12-14-24(15-13-23)38(20-16-32)21-17-33/h3-5,8-15H,6-7,16-22H2,1-2H3,(H,34,36)(H,35,39). The van der Waals surface area contributed by atoms with Gasteiger partial charge in [0.2, 0.25) is 0 Å². The van der Waals surface area contributed by atoms with Crippen LogP contribution in [0.25, 0.3) is 21.8 Å². The first-order chi connectivity index (χ1) is 19.0. The van der Waals surface area contributed by atoms with Gasteiger partial charge in [0, 0.05) is 60.9 Å². The largest absolute Gasteiger partial charge is 0.384 e. The van der Waals surface area contributed by atoms with E-state index >= 15 is 0 Å². The number of hydrogen-bond donors (Lipinski definition) is 2. The quantitative estimate of drug-likeness (QED) is 0.111. The Bertz CT molecular complexity index is 1370. The summed E-state index contributed by atoms with van der Waals surface area (Å²) < 4.78 is 0. The molecule has 6 nitrogen and oxygen atoms in total. The highest BCUT2D eigenvalue weighted by Crippen LogP contribution is 2.32.